The van der Waals surface area contributed by atoms with Crippen molar-refractivity contribution < 1.29 is 9.21 Å². The summed E-state index contributed by atoms with van der Waals surface area (Å²) in [6, 6.07) is 3.88. The molecule has 0 unspecified atom stereocenters. The van der Waals surface area contributed by atoms with E-state index in [0.717, 1.165) is 48.1 Å². The van der Waals surface area contributed by atoms with Crippen molar-refractivity contribution in [1.82, 2.24) is 0 Å². The molecule has 0 amide bonds. The maximum absolute atomic E-state index is 12.0. The number of aryl methyl sites for hydroxylation is 2. The van der Waals surface area contributed by atoms with Crippen molar-refractivity contribution in [3.05, 3.63) is 39.2 Å². The van der Waals surface area contributed by atoms with E-state index in [1.54, 1.807) is 0 Å². The summed E-state index contributed by atoms with van der Waals surface area (Å²) in [5.74, 6) is 0. The quantitative estimate of drug-likeness (QED) is 0.622. The number of aldehydes is 1. The Labute approximate surface area is 117 Å². The van der Waals surface area contributed by atoms with E-state index in [0.29, 0.717) is 11.9 Å². The fourth-order valence-electron chi connectivity index (χ4n) is 2.84. The highest BCUT2D eigenvalue weighted by Gasteiger charge is 2.22. The Balaban J connectivity index is 2.39. The van der Waals surface area contributed by atoms with Crippen LogP contribution in [-0.4, -0.2) is 19.4 Å². The predicted molar refractivity (Wildman–Crippen MR) is 78.8 cm³/mol. The van der Waals surface area contributed by atoms with Crippen molar-refractivity contribution in [2.75, 3.05) is 18.0 Å². The summed E-state index contributed by atoms with van der Waals surface area (Å²) in [7, 11) is 0. The first-order chi connectivity index (χ1) is 9.61. The summed E-state index contributed by atoms with van der Waals surface area (Å²) in [5.41, 5.74) is 3.10. The van der Waals surface area contributed by atoms with Crippen LogP contribution in [0.1, 0.15) is 34.3 Å². The molecular formula is C16H17NO3. The van der Waals surface area contributed by atoms with Crippen molar-refractivity contribution in [2.45, 2.75) is 26.7 Å². The Bertz CT molecular complexity index is 739. The normalized spacial score (nSPS) is 15.0. The molecule has 1 aliphatic rings. The van der Waals surface area contributed by atoms with Crippen molar-refractivity contribution in [2.24, 2.45) is 0 Å². The molecule has 0 spiro atoms. The molecule has 2 heterocycles. The van der Waals surface area contributed by atoms with E-state index in [1.807, 2.05) is 26.0 Å². The minimum absolute atomic E-state index is 0.141. The third-order valence-electron chi connectivity index (χ3n) is 4.07. The van der Waals surface area contributed by atoms with E-state index < -0.39 is 5.63 Å². The number of carbonyl (C=O) groups is 1. The molecule has 4 nitrogen and oxygen atoms in total. The van der Waals surface area contributed by atoms with E-state index in [4.69, 9.17) is 4.42 Å². The molecule has 0 atom stereocenters. The second-order valence-electron chi connectivity index (χ2n) is 5.40. The average molecular weight is 271 g/mol. The number of nitrogens with zero attached hydrogens (tertiary/aromatic N) is 1. The molecule has 1 saturated heterocycles. The van der Waals surface area contributed by atoms with E-state index in [9.17, 15) is 9.59 Å². The van der Waals surface area contributed by atoms with Crippen LogP contribution in [0.4, 0.5) is 5.69 Å². The zero-order chi connectivity index (χ0) is 14.3. The van der Waals surface area contributed by atoms with Gasteiger partial charge >= 0.3 is 5.63 Å². The fourth-order valence-corrected chi connectivity index (χ4v) is 2.84. The van der Waals surface area contributed by atoms with Crippen LogP contribution in [0.5, 0.6) is 0 Å². The summed E-state index contributed by atoms with van der Waals surface area (Å²) in [4.78, 5) is 25.4. The summed E-state index contributed by atoms with van der Waals surface area (Å²) in [6.07, 6.45) is 2.80. The first-order valence-corrected chi connectivity index (χ1v) is 6.90. The van der Waals surface area contributed by atoms with E-state index >= 15 is 0 Å². The molecule has 0 saturated carbocycles. The van der Waals surface area contributed by atoms with Gasteiger partial charge in [0.1, 0.15) is 11.1 Å². The Kier molecular flexibility index (Phi) is 3.08. The number of anilines is 1. The maximum Gasteiger partial charge on any atom is 0.349 e. The van der Waals surface area contributed by atoms with Gasteiger partial charge in [0.2, 0.25) is 0 Å². The van der Waals surface area contributed by atoms with Crippen molar-refractivity contribution in [1.29, 1.82) is 0 Å². The maximum atomic E-state index is 12.0. The van der Waals surface area contributed by atoms with Gasteiger partial charge in [-0.25, -0.2) is 4.79 Å². The monoisotopic (exact) mass is 271 g/mol. The number of benzene rings is 1. The van der Waals surface area contributed by atoms with Crippen molar-refractivity contribution in [3.63, 3.8) is 0 Å². The molecule has 1 aromatic heterocycles. The molecule has 104 valence electrons. The second kappa shape index (κ2) is 4.78. The molecule has 4 heteroatoms. The molecule has 2 aromatic rings. The lowest BCUT2D eigenvalue weighted by molar-refractivity contribution is 0.112. The zero-order valence-corrected chi connectivity index (χ0v) is 11.7. The van der Waals surface area contributed by atoms with Crippen molar-refractivity contribution in [3.8, 4) is 0 Å². The van der Waals surface area contributed by atoms with Gasteiger partial charge in [-0.1, -0.05) is 0 Å². The first kappa shape index (κ1) is 12.9. The van der Waals surface area contributed by atoms with E-state index in [2.05, 4.69) is 4.90 Å². The first-order valence-electron chi connectivity index (χ1n) is 6.90. The molecule has 1 aromatic carbocycles. The van der Waals surface area contributed by atoms with Gasteiger partial charge in [-0.2, -0.15) is 0 Å². The van der Waals surface area contributed by atoms with Gasteiger partial charge in [0.25, 0.3) is 0 Å². The van der Waals surface area contributed by atoms with Gasteiger partial charge in [0.05, 0.1) is 5.69 Å². The standard InChI is InChI=1S/C16H17NO3/c1-10-7-12-14(8-11(10)2)20-16(19)13(9-18)15(12)17-5-3-4-6-17/h7-9H,3-6H2,1-2H3. The highest BCUT2D eigenvalue weighted by molar-refractivity contribution is 6.00. The van der Waals surface area contributed by atoms with Crippen LogP contribution in [-0.2, 0) is 0 Å². The van der Waals surface area contributed by atoms with Crippen LogP contribution in [0.15, 0.2) is 21.3 Å². The number of carbonyl (C=O) groups excluding carboxylic acids is 1. The third-order valence-corrected chi connectivity index (χ3v) is 4.07. The van der Waals surface area contributed by atoms with Gasteiger partial charge in [-0.05, 0) is 49.9 Å². The zero-order valence-electron chi connectivity index (χ0n) is 11.7. The molecule has 3 rings (SSSR count). The fraction of sp³-hybridized carbons (Fsp3) is 0.375. The van der Waals surface area contributed by atoms with Gasteiger partial charge in [0, 0.05) is 18.5 Å². The van der Waals surface area contributed by atoms with Crippen LogP contribution in [0, 0.1) is 13.8 Å². The van der Waals surface area contributed by atoms with Gasteiger partial charge in [-0.15, -0.1) is 0 Å². The largest absolute Gasteiger partial charge is 0.422 e. The summed E-state index contributed by atoms with van der Waals surface area (Å²) in [6.45, 7) is 5.77. The Morgan fingerprint density at radius 1 is 1.15 bits per heavy atom. The van der Waals surface area contributed by atoms with Gasteiger partial charge < -0.3 is 9.32 Å². The molecule has 0 N–H and O–H groups in total. The molecular weight excluding hydrogens is 254 g/mol. The molecule has 20 heavy (non-hydrogen) atoms. The second-order valence-corrected chi connectivity index (χ2v) is 5.40. The molecule has 0 bridgehead atoms. The minimum Gasteiger partial charge on any atom is -0.422 e. The highest BCUT2D eigenvalue weighted by atomic mass is 16.4. The molecule has 0 radical (unpaired) electrons. The lowest BCUT2D eigenvalue weighted by Crippen LogP contribution is -2.23. The summed E-state index contributed by atoms with van der Waals surface area (Å²) < 4.78 is 5.31. The average Bonchev–Trinajstić information content (AvgIpc) is 2.93. The molecule has 1 aliphatic heterocycles. The van der Waals surface area contributed by atoms with Crippen LogP contribution >= 0.6 is 0 Å². The van der Waals surface area contributed by atoms with Crippen LogP contribution in [0.2, 0.25) is 0 Å². The molecule has 0 aliphatic carbocycles. The van der Waals surface area contributed by atoms with Crippen LogP contribution in [0.3, 0.4) is 0 Å². The number of fused-ring (bicyclic) bond motifs is 1. The van der Waals surface area contributed by atoms with E-state index in [1.165, 1.54) is 0 Å². The van der Waals surface area contributed by atoms with Crippen LogP contribution < -0.4 is 10.5 Å². The lowest BCUT2D eigenvalue weighted by Gasteiger charge is -2.21. The molecule has 1 fully saturated rings. The number of hydrogen-bond donors (Lipinski definition) is 0. The lowest BCUT2D eigenvalue weighted by atomic mass is 10.0. The summed E-state index contributed by atoms with van der Waals surface area (Å²) >= 11 is 0. The Hall–Kier alpha value is -2.10. The summed E-state index contributed by atoms with van der Waals surface area (Å²) in [5, 5.41) is 0.858. The SMILES string of the molecule is Cc1cc2oc(=O)c(C=O)c(N3CCCC3)c2cc1C. The highest BCUT2D eigenvalue weighted by Crippen LogP contribution is 2.32. The number of rotatable bonds is 2. The van der Waals surface area contributed by atoms with Crippen LogP contribution in [0.25, 0.3) is 11.0 Å². The van der Waals surface area contributed by atoms with E-state index in [-0.39, 0.29) is 5.56 Å². The number of hydrogen-bond acceptors (Lipinski definition) is 4. The smallest absolute Gasteiger partial charge is 0.349 e. The van der Waals surface area contributed by atoms with Gasteiger partial charge in [-0.3, -0.25) is 4.79 Å². The minimum atomic E-state index is -0.544. The van der Waals surface area contributed by atoms with Gasteiger partial charge in [0.15, 0.2) is 6.29 Å². The predicted octanol–water partition coefficient (Wildman–Crippen LogP) is 2.82. The Morgan fingerprint density at radius 2 is 1.80 bits per heavy atom. The Morgan fingerprint density at radius 3 is 2.45 bits per heavy atom. The third kappa shape index (κ3) is 1.92. The topological polar surface area (TPSA) is 50.5 Å². The van der Waals surface area contributed by atoms with Crippen molar-refractivity contribution >= 4 is 22.9 Å².